The van der Waals surface area contributed by atoms with E-state index >= 15 is 0 Å². The molecule has 2 aromatic heterocycles. The number of carbonyl (C=O) groups excluding carboxylic acids is 2. The summed E-state index contributed by atoms with van der Waals surface area (Å²) in [6, 6.07) is 12.9. The van der Waals surface area contributed by atoms with Crippen molar-refractivity contribution >= 4 is 57.3 Å². The average Bonchev–Trinajstić information content (AvgIpc) is 3.31. The van der Waals surface area contributed by atoms with Crippen LogP contribution in [-0.2, 0) is 10.5 Å². The van der Waals surface area contributed by atoms with E-state index in [2.05, 4.69) is 20.8 Å². The Morgan fingerprint density at radius 1 is 1.10 bits per heavy atom. The number of amides is 2. The summed E-state index contributed by atoms with van der Waals surface area (Å²) in [5.74, 6) is 0.270. The Kier molecular flexibility index (Phi) is 6.06. The van der Waals surface area contributed by atoms with E-state index < -0.39 is 0 Å². The Labute approximate surface area is 187 Å². The maximum atomic E-state index is 13.2. The number of carbonyl (C=O) groups is 2. The molecule has 9 heteroatoms. The molecular weight excluding hydrogens is 432 g/mol. The van der Waals surface area contributed by atoms with Gasteiger partial charge in [0.1, 0.15) is 10.6 Å². The molecule has 31 heavy (non-hydrogen) atoms. The lowest BCUT2D eigenvalue weighted by molar-refractivity contribution is -0.114. The molecule has 0 aliphatic rings. The molecule has 0 unspecified atom stereocenters. The normalized spacial score (nSPS) is 10.9. The van der Waals surface area contributed by atoms with Gasteiger partial charge in [0, 0.05) is 35.0 Å². The zero-order valence-corrected chi connectivity index (χ0v) is 18.8. The van der Waals surface area contributed by atoms with E-state index in [-0.39, 0.29) is 17.6 Å². The van der Waals surface area contributed by atoms with Crippen LogP contribution in [0.3, 0.4) is 0 Å². The van der Waals surface area contributed by atoms with Gasteiger partial charge in [-0.25, -0.2) is 0 Å². The highest BCUT2D eigenvalue weighted by molar-refractivity contribution is 8.00. The second kappa shape index (κ2) is 8.91. The zero-order chi connectivity index (χ0) is 22.0. The predicted octanol–water partition coefficient (Wildman–Crippen LogP) is 5.40. The Morgan fingerprint density at radius 3 is 2.65 bits per heavy atom. The van der Waals surface area contributed by atoms with Gasteiger partial charge in [-0.3, -0.25) is 9.59 Å². The third-order valence-electron chi connectivity index (χ3n) is 4.56. The Bertz CT molecular complexity index is 1280. The van der Waals surface area contributed by atoms with E-state index in [0.717, 1.165) is 25.9 Å². The standard InChI is InChI=1S/C22H20N4O3S2/c1-12-8-9-15(23-13(2)27)10-18(12)24-21(28)20-17(11-30-22-26-25-14(3)31-22)16-6-4-5-7-19(16)29-20/h4-10H,11H2,1-3H3,(H,23,27)(H,24,28). The Morgan fingerprint density at radius 2 is 1.90 bits per heavy atom. The van der Waals surface area contributed by atoms with Gasteiger partial charge in [-0.1, -0.05) is 47.4 Å². The quantitative estimate of drug-likeness (QED) is 0.380. The summed E-state index contributed by atoms with van der Waals surface area (Å²) in [4.78, 5) is 24.5. The minimum Gasteiger partial charge on any atom is -0.451 e. The summed E-state index contributed by atoms with van der Waals surface area (Å²) in [5.41, 5.74) is 3.55. The zero-order valence-electron chi connectivity index (χ0n) is 17.2. The number of anilines is 2. The molecule has 0 fully saturated rings. The number of nitrogens with one attached hydrogen (secondary N) is 2. The highest BCUT2D eigenvalue weighted by Gasteiger charge is 2.22. The van der Waals surface area contributed by atoms with Crippen molar-refractivity contribution in [2.75, 3.05) is 10.6 Å². The minimum absolute atomic E-state index is 0.176. The van der Waals surface area contributed by atoms with Gasteiger partial charge >= 0.3 is 0 Å². The van der Waals surface area contributed by atoms with Crippen LogP contribution >= 0.6 is 23.1 Å². The first-order valence-corrected chi connectivity index (χ1v) is 11.3. The van der Waals surface area contributed by atoms with Crippen molar-refractivity contribution in [1.82, 2.24) is 10.2 Å². The van der Waals surface area contributed by atoms with E-state index in [9.17, 15) is 9.59 Å². The number of thioether (sulfide) groups is 1. The highest BCUT2D eigenvalue weighted by Crippen LogP contribution is 2.33. The first kappa shape index (κ1) is 21.1. The molecule has 0 bridgehead atoms. The lowest BCUT2D eigenvalue weighted by Gasteiger charge is -2.11. The molecule has 158 valence electrons. The van der Waals surface area contributed by atoms with E-state index in [1.54, 1.807) is 12.1 Å². The monoisotopic (exact) mass is 452 g/mol. The molecule has 4 rings (SSSR count). The average molecular weight is 453 g/mol. The van der Waals surface area contributed by atoms with Crippen LogP contribution in [0.5, 0.6) is 0 Å². The van der Waals surface area contributed by atoms with Gasteiger partial charge in [0.15, 0.2) is 10.1 Å². The third-order valence-corrected chi connectivity index (χ3v) is 6.56. The summed E-state index contributed by atoms with van der Waals surface area (Å²) in [6.07, 6.45) is 0. The first-order valence-electron chi connectivity index (χ1n) is 9.53. The van der Waals surface area contributed by atoms with Crippen molar-refractivity contribution in [3.63, 3.8) is 0 Å². The van der Waals surface area contributed by atoms with Gasteiger partial charge in [0.2, 0.25) is 5.91 Å². The third kappa shape index (κ3) is 4.78. The predicted molar refractivity (Wildman–Crippen MR) is 124 cm³/mol. The molecular formula is C22H20N4O3S2. The van der Waals surface area contributed by atoms with Gasteiger partial charge in [0.25, 0.3) is 5.91 Å². The number of nitrogens with zero attached hydrogens (tertiary/aromatic N) is 2. The summed E-state index contributed by atoms with van der Waals surface area (Å²) in [5, 5.41) is 15.6. The number of hydrogen-bond acceptors (Lipinski definition) is 7. The van der Waals surface area contributed by atoms with E-state index in [1.807, 2.05) is 44.2 Å². The number of fused-ring (bicyclic) bond motifs is 1. The SMILES string of the molecule is CC(=O)Nc1ccc(C)c(NC(=O)c2oc3ccccc3c2CSc2nnc(C)s2)c1. The maximum absolute atomic E-state index is 13.2. The fourth-order valence-corrected chi connectivity index (χ4v) is 4.96. The minimum atomic E-state index is -0.344. The van der Waals surface area contributed by atoms with Crippen LogP contribution in [0.25, 0.3) is 11.0 Å². The van der Waals surface area contributed by atoms with Gasteiger partial charge < -0.3 is 15.1 Å². The van der Waals surface area contributed by atoms with Crippen molar-refractivity contribution in [2.24, 2.45) is 0 Å². The number of furan rings is 1. The van der Waals surface area contributed by atoms with Crippen molar-refractivity contribution < 1.29 is 14.0 Å². The molecule has 0 saturated carbocycles. The lowest BCUT2D eigenvalue weighted by Crippen LogP contribution is -2.14. The fourth-order valence-electron chi connectivity index (χ4n) is 3.11. The summed E-state index contributed by atoms with van der Waals surface area (Å²) in [7, 11) is 0. The largest absolute Gasteiger partial charge is 0.451 e. The topological polar surface area (TPSA) is 97.1 Å². The molecule has 4 aromatic rings. The molecule has 2 heterocycles. The second-order valence-electron chi connectivity index (χ2n) is 6.95. The molecule has 0 saturated heterocycles. The van der Waals surface area contributed by atoms with Gasteiger partial charge in [-0.2, -0.15) is 0 Å². The molecule has 2 amide bonds. The lowest BCUT2D eigenvalue weighted by atomic mass is 10.1. The molecule has 0 aliphatic heterocycles. The van der Waals surface area contributed by atoms with Crippen LogP contribution < -0.4 is 10.6 Å². The number of benzene rings is 2. The van der Waals surface area contributed by atoms with Gasteiger partial charge in [0.05, 0.1) is 0 Å². The summed E-state index contributed by atoms with van der Waals surface area (Å²) < 4.78 is 6.77. The van der Waals surface area contributed by atoms with Crippen molar-refractivity contribution in [1.29, 1.82) is 0 Å². The van der Waals surface area contributed by atoms with Crippen molar-refractivity contribution in [2.45, 2.75) is 30.9 Å². The van der Waals surface area contributed by atoms with E-state index in [0.29, 0.717) is 22.7 Å². The first-order chi connectivity index (χ1) is 14.9. The highest BCUT2D eigenvalue weighted by atomic mass is 32.2. The van der Waals surface area contributed by atoms with Gasteiger partial charge in [-0.15, -0.1) is 10.2 Å². The van der Waals surface area contributed by atoms with Crippen LogP contribution in [0.2, 0.25) is 0 Å². The number of aryl methyl sites for hydroxylation is 2. The Hall–Kier alpha value is -3.17. The van der Waals surface area contributed by atoms with Crippen LogP contribution in [0, 0.1) is 13.8 Å². The van der Waals surface area contributed by atoms with Gasteiger partial charge in [-0.05, 0) is 37.6 Å². The molecule has 7 nitrogen and oxygen atoms in total. The molecule has 0 radical (unpaired) electrons. The molecule has 0 spiro atoms. The number of para-hydroxylation sites is 1. The van der Waals surface area contributed by atoms with Crippen LogP contribution in [0.1, 0.15) is 33.6 Å². The molecule has 2 N–H and O–H groups in total. The summed E-state index contributed by atoms with van der Waals surface area (Å²) in [6.45, 7) is 5.24. The van der Waals surface area contributed by atoms with Crippen LogP contribution in [0.15, 0.2) is 51.2 Å². The van der Waals surface area contributed by atoms with E-state index in [4.69, 9.17) is 4.42 Å². The summed E-state index contributed by atoms with van der Waals surface area (Å²) >= 11 is 3.04. The Balaban J connectivity index is 1.64. The van der Waals surface area contributed by atoms with Crippen molar-refractivity contribution in [3.8, 4) is 0 Å². The maximum Gasteiger partial charge on any atom is 0.291 e. The molecule has 2 aromatic carbocycles. The second-order valence-corrected chi connectivity index (χ2v) is 9.35. The number of aromatic nitrogens is 2. The number of hydrogen-bond donors (Lipinski definition) is 2. The fraction of sp³-hybridized carbons (Fsp3) is 0.182. The molecule has 0 atom stereocenters. The van der Waals surface area contributed by atoms with E-state index in [1.165, 1.54) is 30.0 Å². The van der Waals surface area contributed by atoms with Crippen LogP contribution in [0.4, 0.5) is 11.4 Å². The number of rotatable bonds is 6. The van der Waals surface area contributed by atoms with Crippen LogP contribution in [-0.4, -0.2) is 22.0 Å². The smallest absolute Gasteiger partial charge is 0.291 e. The van der Waals surface area contributed by atoms with Crippen molar-refractivity contribution in [3.05, 3.63) is 64.4 Å². The molecule has 0 aliphatic carbocycles.